The number of nitrogens with zero attached hydrogens (tertiary/aromatic N) is 1. The van der Waals surface area contributed by atoms with Crippen molar-refractivity contribution in [3.63, 3.8) is 0 Å². The third-order valence-electron chi connectivity index (χ3n) is 4.08. The normalized spacial score (nSPS) is 11.0. The highest BCUT2D eigenvalue weighted by molar-refractivity contribution is 7.92. The topological polar surface area (TPSA) is 89.5 Å². The Balaban J connectivity index is 1.81. The predicted octanol–water partition coefficient (Wildman–Crippen LogP) is 3.95. The van der Waals surface area contributed by atoms with E-state index in [1.165, 1.54) is 26.5 Å². The van der Waals surface area contributed by atoms with Crippen LogP contribution in [0.1, 0.15) is 5.56 Å². The summed E-state index contributed by atoms with van der Waals surface area (Å²) >= 11 is 0. The molecule has 0 unspecified atom stereocenters. The Morgan fingerprint density at radius 3 is 2.39 bits per heavy atom. The molecule has 0 atom stereocenters. The zero-order valence-corrected chi connectivity index (χ0v) is 16.6. The van der Waals surface area contributed by atoms with Crippen molar-refractivity contribution in [1.82, 2.24) is 4.98 Å². The first-order valence-corrected chi connectivity index (χ1v) is 9.95. The summed E-state index contributed by atoms with van der Waals surface area (Å²) in [5, 5.41) is 3.20. The van der Waals surface area contributed by atoms with Crippen LogP contribution < -0.4 is 19.5 Å². The second kappa shape index (κ2) is 8.18. The minimum absolute atomic E-state index is 0.0172. The lowest BCUT2D eigenvalue weighted by Crippen LogP contribution is -2.14. The maximum Gasteiger partial charge on any atom is 0.265 e. The molecule has 7 nitrogen and oxygen atoms in total. The quantitative estimate of drug-likeness (QED) is 0.625. The number of methoxy groups -OCH3 is 2. The van der Waals surface area contributed by atoms with Gasteiger partial charge in [0.1, 0.15) is 22.2 Å². The molecule has 28 heavy (non-hydrogen) atoms. The van der Waals surface area contributed by atoms with Crippen molar-refractivity contribution in [2.45, 2.75) is 11.8 Å². The Labute approximate surface area is 164 Å². The second-order valence-corrected chi connectivity index (χ2v) is 7.65. The van der Waals surface area contributed by atoms with Crippen LogP contribution in [0.4, 0.5) is 17.2 Å². The zero-order chi connectivity index (χ0) is 20.1. The van der Waals surface area contributed by atoms with E-state index in [0.29, 0.717) is 17.3 Å². The Morgan fingerprint density at radius 2 is 1.75 bits per heavy atom. The highest BCUT2D eigenvalue weighted by Gasteiger charge is 2.21. The Kier molecular flexibility index (Phi) is 5.70. The SMILES string of the molecule is COc1ccc(OC)c(S(=O)(=O)Nc2ccc(Nc3ccccc3C)nc2)c1. The number of rotatable bonds is 7. The number of hydrogen-bond acceptors (Lipinski definition) is 6. The van der Waals surface area contributed by atoms with Crippen LogP contribution in [0.25, 0.3) is 0 Å². The van der Waals surface area contributed by atoms with Crippen LogP contribution in [0.15, 0.2) is 65.7 Å². The van der Waals surface area contributed by atoms with E-state index in [9.17, 15) is 8.42 Å². The third-order valence-corrected chi connectivity index (χ3v) is 5.49. The van der Waals surface area contributed by atoms with Crippen molar-refractivity contribution in [2.75, 3.05) is 24.3 Å². The van der Waals surface area contributed by atoms with Crippen LogP contribution in [0.3, 0.4) is 0 Å². The number of benzene rings is 2. The van der Waals surface area contributed by atoms with E-state index in [-0.39, 0.29) is 10.6 Å². The van der Waals surface area contributed by atoms with E-state index in [1.54, 1.807) is 24.3 Å². The van der Waals surface area contributed by atoms with Gasteiger partial charge in [-0.15, -0.1) is 0 Å². The molecular weight excluding hydrogens is 378 g/mol. The summed E-state index contributed by atoms with van der Waals surface area (Å²) in [6.45, 7) is 1.99. The maximum atomic E-state index is 12.8. The molecule has 0 amide bonds. The van der Waals surface area contributed by atoms with Crippen LogP contribution in [0.5, 0.6) is 11.5 Å². The van der Waals surface area contributed by atoms with Gasteiger partial charge >= 0.3 is 0 Å². The van der Waals surface area contributed by atoms with Gasteiger partial charge in [-0.25, -0.2) is 13.4 Å². The monoisotopic (exact) mass is 399 g/mol. The lowest BCUT2D eigenvalue weighted by Gasteiger charge is -2.13. The molecule has 146 valence electrons. The summed E-state index contributed by atoms with van der Waals surface area (Å²) in [7, 11) is -1.00. The molecule has 2 N–H and O–H groups in total. The number of aromatic nitrogens is 1. The summed E-state index contributed by atoms with van der Waals surface area (Å²) in [5.41, 5.74) is 2.35. The van der Waals surface area contributed by atoms with Gasteiger partial charge in [-0.1, -0.05) is 18.2 Å². The number of para-hydroxylation sites is 1. The number of anilines is 3. The minimum Gasteiger partial charge on any atom is -0.497 e. The molecule has 3 rings (SSSR count). The summed E-state index contributed by atoms with van der Waals surface area (Å²) in [4.78, 5) is 4.26. The molecule has 0 bridgehead atoms. The molecule has 0 aliphatic carbocycles. The molecule has 1 aromatic heterocycles. The minimum atomic E-state index is -3.88. The molecule has 0 radical (unpaired) electrons. The van der Waals surface area contributed by atoms with E-state index in [1.807, 2.05) is 31.2 Å². The van der Waals surface area contributed by atoms with Crippen LogP contribution in [0.2, 0.25) is 0 Å². The smallest absolute Gasteiger partial charge is 0.265 e. The van der Waals surface area contributed by atoms with E-state index in [0.717, 1.165) is 11.3 Å². The fourth-order valence-electron chi connectivity index (χ4n) is 2.58. The summed E-state index contributed by atoms with van der Waals surface area (Å²) in [5.74, 6) is 1.24. The highest BCUT2D eigenvalue weighted by atomic mass is 32.2. The van der Waals surface area contributed by atoms with Gasteiger partial charge in [-0.2, -0.15) is 0 Å². The predicted molar refractivity (Wildman–Crippen MR) is 109 cm³/mol. The van der Waals surface area contributed by atoms with Gasteiger partial charge in [0, 0.05) is 11.8 Å². The molecule has 2 aromatic carbocycles. The fourth-order valence-corrected chi connectivity index (χ4v) is 3.81. The van der Waals surface area contributed by atoms with Crippen LogP contribution in [-0.2, 0) is 10.0 Å². The molecule has 0 saturated heterocycles. The largest absolute Gasteiger partial charge is 0.497 e. The van der Waals surface area contributed by atoms with Crippen molar-refractivity contribution < 1.29 is 17.9 Å². The van der Waals surface area contributed by atoms with Crippen molar-refractivity contribution in [3.05, 3.63) is 66.4 Å². The van der Waals surface area contributed by atoms with Gasteiger partial charge in [0.15, 0.2) is 0 Å². The number of aryl methyl sites for hydroxylation is 1. The molecule has 0 saturated carbocycles. The average Bonchev–Trinajstić information content (AvgIpc) is 2.70. The first kappa shape index (κ1) is 19.5. The molecule has 0 fully saturated rings. The molecular formula is C20H21N3O4S. The number of sulfonamides is 1. The van der Waals surface area contributed by atoms with Crippen LogP contribution in [-0.4, -0.2) is 27.6 Å². The van der Waals surface area contributed by atoms with Crippen molar-refractivity contribution in [1.29, 1.82) is 0 Å². The van der Waals surface area contributed by atoms with Gasteiger partial charge in [-0.3, -0.25) is 4.72 Å². The molecule has 0 spiro atoms. The van der Waals surface area contributed by atoms with Crippen molar-refractivity contribution in [2.24, 2.45) is 0 Å². The Morgan fingerprint density at radius 1 is 0.964 bits per heavy atom. The number of hydrogen-bond donors (Lipinski definition) is 2. The second-order valence-electron chi connectivity index (χ2n) is 5.99. The zero-order valence-electron chi connectivity index (χ0n) is 15.8. The number of nitrogens with one attached hydrogen (secondary N) is 2. The average molecular weight is 399 g/mol. The molecule has 0 aliphatic rings. The highest BCUT2D eigenvalue weighted by Crippen LogP contribution is 2.30. The Bertz CT molecular complexity index is 1070. The number of pyridine rings is 1. The van der Waals surface area contributed by atoms with E-state index < -0.39 is 10.0 Å². The van der Waals surface area contributed by atoms with Gasteiger partial charge in [0.2, 0.25) is 0 Å². The molecule has 8 heteroatoms. The van der Waals surface area contributed by atoms with Crippen LogP contribution in [0, 0.1) is 6.92 Å². The van der Waals surface area contributed by atoms with Crippen molar-refractivity contribution in [3.8, 4) is 11.5 Å². The van der Waals surface area contributed by atoms with Gasteiger partial charge < -0.3 is 14.8 Å². The lowest BCUT2D eigenvalue weighted by atomic mass is 10.2. The maximum absolute atomic E-state index is 12.8. The lowest BCUT2D eigenvalue weighted by molar-refractivity contribution is 0.392. The van der Waals surface area contributed by atoms with Gasteiger partial charge in [0.25, 0.3) is 10.0 Å². The Hall–Kier alpha value is -3.26. The first-order valence-electron chi connectivity index (χ1n) is 8.46. The third kappa shape index (κ3) is 4.34. The standard InChI is InChI=1S/C20H21N3O4S/c1-14-6-4-5-7-17(14)22-20-11-8-15(13-21-20)23-28(24,25)19-12-16(26-2)9-10-18(19)27-3/h4-13,23H,1-3H3,(H,21,22). The van der Waals surface area contributed by atoms with E-state index in [4.69, 9.17) is 9.47 Å². The molecule has 1 heterocycles. The van der Waals surface area contributed by atoms with Crippen molar-refractivity contribution >= 4 is 27.2 Å². The fraction of sp³-hybridized carbons (Fsp3) is 0.150. The van der Waals surface area contributed by atoms with Gasteiger partial charge in [-0.05, 0) is 42.8 Å². The summed E-state index contributed by atoms with van der Waals surface area (Å²) in [6, 6.07) is 15.7. The summed E-state index contributed by atoms with van der Waals surface area (Å²) < 4.78 is 38.3. The summed E-state index contributed by atoms with van der Waals surface area (Å²) in [6.07, 6.45) is 1.45. The molecule has 0 aliphatic heterocycles. The van der Waals surface area contributed by atoms with E-state index in [2.05, 4.69) is 15.0 Å². The number of ether oxygens (including phenoxy) is 2. The van der Waals surface area contributed by atoms with Gasteiger partial charge in [0.05, 0.1) is 26.1 Å². The van der Waals surface area contributed by atoms with Crippen LogP contribution >= 0.6 is 0 Å². The first-order chi connectivity index (χ1) is 13.4. The van der Waals surface area contributed by atoms with E-state index >= 15 is 0 Å². The molecule has 3 aromatic rings.